The molecule has 4 nitrogen and oxygen atoms in total. The topological polar surface area (TPSA) is 44.1 Å². The predicted octanol–water partition coefficient (Wildman–Crippen LogP) is 12.3. The van der Waals surface area contributed by atoms with Gasteiger partial charge in [0.05, 0.1) is 6.04 Å². The lowest BCUT2D eigenvalue weighted by Gasteiger charge is -2.28. The van der Waals surface area contributed by atoms with E-state index >= 15 is 0 Å². The van der Waals surface area contributed by atoms with Crippen molar-refractivity contribution in [2.24, 2.45) is 5.92 Å². The SMILES string of the molecule is CCCCCCCCCCCCCCCCC(C)C(=O)NC(CC)C(CCCCCCCCCCCCCCCC)[N+]1=CNCC1. The lowest BCUT2D eigenvalue weighted by atomic mass is 9.95. The Morgan fingerprint density at radius 1 is 0.587 bits per heavy atom. The molecule has 1 aliphatic heterocycles. The van der Waals surface area contributed by atoms with Gasteiger partial charge in [-0.15, -0.1) is 0 Å². The standard InChI is InChI=1S/C42H83N3O/c1-5-8-10-12-14-16-18-20-22-24-26-28-30-32-34-39(4)42(46)44-40(7-3)41(45-37-36-43-38-45)35-33-31-29-27-25-23-21-19-17-15-13-11-9-6-2/h38-41H,5-37H2,1-4H3,(H,44,46)/p+1. The fourth-order valence-corrected chi connectivity index (χ4v) is 7.42. The Kier molecular flexibility index (Phi) is 30.3. The number of hydrogen-bond acceptors (Lipinski definition) is 2. The highest BCUT2D eigenvalue weighted by Crippen LogP contribution is 2.19. The molecule has 0 fully saturated rings. The third kappa shape index (κ3) is 24.1. The lowest BCUT2D eigenvalue weighted by molar-refractivity contribution is -0.558. The molecule has 0 spiro atoms. The second-order valence-electron chi connectivity index (χ2n) is 15.1. The molecule has 0 radical (unpaired) electrons. The van der Waals surface area contributed by atoms with Crippen LogP contribution in [0.25, 0.3) is 0 Å². The van der Waals surface area contributed by atoms with Crippen LogP contribution in [-0.4, -0.2) is 42.0 Å². The van der Waals surface area contributed by atoms with Gasteiger partial charge in [-0.25, -0.2) is 0 Å². The number of carbonyl (C=O) groups excluding carboxylic acids is 1. The molecule has 1 heterocycles. The molecule has 1 rings (SSSR count). The number of unbranched alkanes of at least 4 members (excludes halogenated alkanes) is 26. The second kappa shape index (κ2) is 32.5. The Hall–Kier alpha value is -1.06. The van der Waals surface area contributed by atoms with Gasteiger partial charge in [0.25, 0.3) is 0 Å². The summed E-state index contributed by atoms with van der Waals surface area (Å²) in [6.45, 7) is 11.1. The Labute approximate surface area is 289 Å². The zero-order valence-corrected chi connectivity index (χ0v) is 32.0. The van der Waals surface area contributed by atoms with Gasteiger partial charge in [0, 0.05) is 5.92 Å². The third-order valence-electron chi connectivity index (χ3n) is 10.7. The molecule has 0 aromatic rings. The van der Waals surface area contributed by atoms with E-state index in [2.05, 4.69) is 49.2 Å². The van der Waals surface area contributed by atoms with E-state index in [1.54, 1.807) is 0 Å². The van der Waals surface area contributed by atoms with Gasteiger partial charge in [-0.1, -0.05) is 201 Å². The molecule has 0 aliphatic carbocycles. The van der Waals surface area contributed by atoms with Crippen LogP contribution in [0.1, 0.15) is 227 Å². The largest absolute Gasteiger partial charge is 0.349 e. The van der Waals surface area contributed by atoms with Crippen molar-refractivity contribution in [2.45, 2.75) is 239 Å². The van der Waals surface area contributed by atoms with Crippen LogP contribution in [0.4, 0.5) is 0 Å². The van der Waals surface area contributed by atoms with Crippen LogP contribution in [0, 0.1) is 5.92 Å². The van der Waals surface area contributed by atoms with Crippen molar-refractivity contribution < 1.29 is 9.37 Å². The van der Waals surface area contributed by atoms with Crippen LogP contribution < -0.4 is 10.6 Å². The van der Waals surface area contributed by atoms with Gasteiger partial charge in [0.2, 0.25) is 12.2 Å². The minimum Gasteiger partial charge on any atom is -0.349 e. The van der Waals surface area contributed by atoms with E-state index in [9.17, 15) is 4.79 Å². The minimum absolute atomic E-state index is 0.119. The summed E-state index contributed by atoms with van der Waals surface area (Å²) >= 11 is 0. The summed E-state index contributed by atoms with van der Waals surface area (Å²) in [7, 11) is 0. The fourth-order valence-electron chi connectivity index (χ4n) is 7.42. The number of carbonyl (C=O) groups is 1. The predicted molar refractivity (Wildman–Crippen MR) is 204 cm³/mol. The first kappa shape index (κ1) is 43.0. The van der Waals surface area contributed by atoms with Gasteiger partial charge in [-0.05, 0) is 25.7 Å². The van der Waals surface area contributed by atoms with Gasteiger partial charge < -0.3 is 5.32 Å². The number of nitrogens with one attached hydrogen (secondary N) is 2. The molecular formula is C42H84N3O+. The van der Waals surface area contributed by atoms with Crippen LogP contribution in [-0.2, 0) is 4.79 Å². The molecule has 2 N–H and O–H groups in total. The maximum absolute atomic E-state index is 13.2. The Balaban J connectivity index is 2.16. The molecule has 46 heavy (non-hydrogen) atoms. The van der Waals surface area contributed by atoms with E-state index in [4.69, 9.17) is 0 Å². The van der Waals surface area contributed by atoms with Crippen molar-refractivity contribution in [2.75, 3.05) is 13.1 Å². The number of nitrogens with zero attached hydrogens (tertiary/aromatic N) is 1. The smallest absolute Gasteiger partial charge is 0.232 e. The summed E-state index contributed by atoms with van der Waals surface area (Å²) in [4.78, 5) is 13.2. The maximum Gasteiger partial charge on any atom is 0.232 e. The van der Waals surface area contributed by atoms with Crippen molar-refractivity contribution in [1.82, 2.24) is 10.6 Å². The molecule has 1 amide bonds. The van der Waals surface area contributed by atoms with Gasteiger partial charge >= 0.3 is 0 Å². The summed E-state index contributed by atoms with van der Waals surface area (Å²) in [5.74, 6) is 0.397. The van der Waals surface area contributed by atoms with E-state index in [0.717, 1.165) is 25.9 Å². The molecule has 0 aromatic heterocycles. The molecule has 272 valence electrons. The number of amides is 1. The van der Waals surface area contributed by atoms with E-state index in [1.807, 2.05) is 0 Å². The summed E-state index contributed by atoms with van der Waals surface area (Å²) in [6, 6.07) is 0.652. The number of rotatable bonds is 35. The molecule has 3 unspecified atom stereocenters. The Morgan fingerprint density at radius 3 is 1.30 bits per heavy atom. The van der Waals surface area contributed by atoms with E-state index in [1.165, 1.54) is 186 Å². The van der Waals surface area contributed by atoms with E-state index in [-0.39, 0.29) is 17.9 Å². The first-order chi connectivity index (χ1) is 22.6. The second-order valence-corrected chi connectivity index (χ2v) is 15.1. The molecule has 4 heteroatoms. The minimum atomic E-state index is 0.119. The van der Waals surface area contributed by atoms with Crippen molar-refractivity contribution in [1.29, 1.82) is 0 Å². The highest BCUT2D eigenvalue weighted by Gasteiger charge is 2.30. The molecule has 3 atom stereocenters. The van der Waals surface area contributed by atoms with Crippen molar-refractivity contribution in [3.63, 3.8) is 0 Å². The van der Waals surface area contributed by atoms with Crippen LogP contribution >= 0.6 is 0 Å². The Morgan fingerprint density at radius 2 is 0.957 bits per heavy atom. The molecular weight excluding hydrogens is 562 g/mol. The van der Waals surface area contributed by atoms with Crippen molar-refractivity contribution in [3.8, 4) is 0 Å². The summed E-state index contributed by atoms with van der Waals surface area (Å²) in [5.41, 5.74) is 0. The van der Waals surface area contributed by atoms with Gasteiger partial charge in [-0.3, -0.25) is 14.7 Å². The van der Waals surface area contributed by atoms with Gasteiger partial charge in [0.15, 0.2) is 0 Å². The quantitative estimate of drug-likeness (QED) is 0.0531. The first-order valence-corrected chi connectivity index (χ1v) is 21.3. The fraction of sp³-hybridized carbons (Fsp3) is 0.952. The third-order valence-corrected chi connectivity index (χ3v) is 10.7. The van der Waals surface area contributed by atoms with E-state index < -0.39 is 0 Å². The van der Waals surface area contributed by atoms with Crippen LogP contribution in [0.15, 0.2) is 0 Å². The van der Waals surface area contributed by atoms with Gasteiger partial charge in [0.1, 0.15) is 19.1 Å². The summed E-state index contributed by atoms with van der Waals surface area (Å²) < 4.78 is 2.48. The first-order valence-electron chi connectivity index (χ1n) is 21.3. The normalized spacial score (nSPS) is 15.0. The highest BCUT2D eigenvalue weighted by atomic mass is 16.1. The van der Waals surface area contributed by atoms with E-state index in [0.29, 0.717) is 6.04 Å². The van der Waals surface area contributed by atoms with Crippen molar-refractivity contribution in [3.05, 3.63) is 0 Å². The lowest BCUT2D eigenvalue weighted by Crippen LogP contribution is -2.49. The molecule has 0 bridgehead atoms. The summed E-state index contributed by atoms with van der Waals surface area (Å²) in [5, 5.41) is 6.93. The summed E-state index contributed by atoms with van der Waals surface area (Å²) in [6.07, 6.45) is 44.4. The highest BCUT2D eigenvalue weighted by molar-refractivity contribution is 5.78. The molecule has 0 saturated carbocycles. The average molecular weight is 647 g/mol. The molecule has 1 aliphatic rings. The van der Waals surface area contributed by atoms with Gasteiger partial charge in [-0.2, -0.15) is 0 Å². The number of hydrogen-bond donors (Lipinski definition) is 2. The zero-order chi connectivity index (χ0) is 33.3. The van der Waals surface area contributed by atoms with Crippen molar-refractivity contribution >= 4 is 12.2 Å². The maximum atomic E-state index is 13.2. The monoisotopic (exact) mass is 647 g/mol. The zero-order valence-electron chi connectivity index (χ0n) is 32.0. The average Bonchev–Trinajstić information content (AvgIpc) is 3.60. The molecule has 0 aromatic carbocycles. The Bertz CT molecular complexity index is 692. The van der Waals surface area contributed by atoms with Crippen LogP contribution in [0.5, 0.6) is 0 Å². The van der Waals surface area contributed by atoms with Crippen LogP contribution in [0.2, 0.25) is 0 Å². The molecule has 0 saturated heterocycles. The van der Waals surface area contributed by atoms with Crippen LogP contribution in [0.3, 0.4) is 0 Å².